The molecule has 0 atom stereocenters. The molecule has 0 radical (unpaired) electrons. The summed E-state index contributed by atoms with van der Waals surface area (Å²) >= 11 is 0. The maximum atomic E-state index is 13.4. The minimum atomic E-state index is -0.301. The first-order chi connectivity index (χ1) is 12.9. The van der Waals surface area contributed by atoms with E-state index in [1.807, 2.05) is 12.1 Å². The molecular weight excluding hydrogens is 343 g/mol. The van der Waals surface area contributed by atoms with Gasteiger partial charge in [0, 0.05) is 35.6 Å². The van der Waals surface area contributed by atoms with Crippen molar-refractivity contribution >= 4 is 5.69 Å². The molecule has 1 aliphatic rings. The Morgan fingerprint density at radius 1 is 1.11 bits per heavy atom. The molecule has 2 N–H and O–H groups in total. The third-order valence-electron chi connectivity index (χ3n) is 4.90. The number of anilines is 1. The smallest absolute Gasteiger partial charge is 0.253 e. The van der Waals surface area contributed by atoms with E-state index in [0.717, 1.165) is 29.5 Å². The summed E-state index contributed by atoms with van der Waals surface area (Å²) in [6.07, 6.45) is 3.90. The molecule has 0 bridgehead atoms. The molecule has 4 rings (SSSR count). The van der Waals surface area contributed by atoms with Gasteiger partial charge in [-0.2, -0.15) is 0 Å². The third kappa shape index (κ3) is 3.45. The summed E-state index contributed by atoms with van der Waals surface area (Å²) in [5, 5.41) is 0. The highest BCUT2D eigenvalue weighted by Gasteiger charge is 2.27. The molecular formula is C22H21FN2O2. The molecule has 1 heterocycles. The van der Waals surface area contributed by atoms with Crippen LogP contribution in [0.2, 0.25) is 0 Å². The number of hydrogen-bond donors (Lipinski definition) is 1. The van der Waals surface area contributed by atoms with Crippen molar-refractivity contribution in [2.24, 2.45) is 7.05 Å². The van der Waals surface area contributed by atoms with Crippen LogP contribution in [0.4, 0.5) is 10.1 Å². The molecule has 138 valence electrons. The zero-order valence-corrected chi connectivity index (χ0v) is 15.3. The maximum absolute atomic E-state index is 13.4. The van der Waals surface area contributed by atoms with Crippen LogP contribution in [0.25, 0.3) is 11.1 Å². The van der Waals surface area contributed by atoms with Crippen LogP contribution >= 0.6 is 0 Å². The lowest BCUT2D eigenvalue weighted by molar-refractivity contribution is 0.478. The Morgan fingerprint density at radius 3 is 2.56 bits per heavy atom. The summed E-state index contributed by atoms with van der Waals surface area (Å²) in [7, 11) is 1.76. The minimum absolute atomic E-state index is 0.0435. The van der Waals surface area contributed by atoms with Crippen LogP contribution in [0.15, 0.2) is 53.5 Å². The van der Waals surface area contributed by atoms with Crippen LogP contribution in [0.1, 0.15) is 29.9 Å². The number of ether oxygens (including phenoxy) is 1. The number of pyridine rings is 1. The predicted octanol–water partition coefficient (Wildman–Crippen LogP) is 4.75. The van der Waals surface area contributed by atoms with E-state index >= 15 is 0 Å². The Labute approximate surface area is 157 Å². The summed E-state index contributed by atoms with van der Waals surface area (Å²) in [5.74, 6) is 1.23. The SMILES string of the molecule is Cc1cc(F)ccc1Oc1ccc(N)cc1-c1cc(C2CC2)c(=O)n(C)c1. The van der Waals surface area contributed by atoms with Gasteiger partial charge in [0.25, 0.3) is 5.56 Å². The molecule has 0 unspecified atom stereocenters. The van der Waals surface area contributed by atoms with Crippen molar-refractivity contribution in [1.82, 2.24) is 4.57 Å². The summed E-state index contributed by atoms with van der Waals surface area (Å²) in [6, 6.07) is 11.8. The second kappa shape index (κ2) is 6.58. The molecule has 0 amide bonds. The van der Waals surface area contributed by atoms with Gasteiger partial charge in [0.1, 0.15) is 17.3 Å². The Kier molecular flexibility index (Phi) is 4.22. The highest BCUT2D eigenvalue weighted by atomic mass is 19.1. The zero-order chi connectivity index (χ0) is 19.1. The summed E-state index contributed by atoms with van der Waals surface area (Å²) in [4.78, 5) is 12.4. The summed E-state index contributed by atoms with van der Waals surface area (Å²) in [5.41, 5.74) is 9.88. The second-order valence-electron chi connectivity index (χ2n) is 7.14. The van der Waals surface area contributed by atoms with Crippen molar-refractivity contribution in [1.29, 1.82) is 0 Å². The fourth-order valence-corrected chi connectivity index (χ4v) is 3.28. The largest absolute Gasteiger partial charge is 0.456 e. The van der Waals surface area contributed by atoms with Crippen molar-refractivity contribution in [3.05, 3.63) is 76.0 Å². The van der Waals surface area contributed by atoms with Gasteiger partial charge >= 0.3 is 0 Å². The minimum Gasteiger partial charge on any atom is -0.456 e. The lowest BCUT2D eigenvalue weighted by Crippen LogP contribution is -2.20. The van der Waals surface area contributed by atoms with E-state index in [4.69, 9.17) is 10.5 Å². The average molecular weight is 364 g/mol. The molecule has 1 aliphatic carbocycles. The average Bonchev–Trinajstić information content (AvgIpc) is 3.46. The fraction of sp³-hybridized carbons (Fsp3) is 0.227. The van der Waals surface area contributed by atoms with Crippen molar-refractivity contribution in [3.8, 4) is 22.6 Å². The fourth-order valence-electron chi connectivity index (χ4n) is 3.28. The first-order valence-electron chi connectivity index (χ1n) is 8.97. The molecule has 5 heteroatoms. The van der Waals surface area contributed by atoms with E-state index < -0.39 is 0 Å². The first kappa shape index (κ1) is 17.3. The summed E-state index contributed by atoms with van der Waals surface area (Å²) < 4.78 is 21.1. The molecule has 2 aromatic carbocycles. The Morgan fingerprint density at radius 2 is 1.85 bits per heavy atom. The monoisotopic (exact) mass is 364 g/mol. The van der Waals surface area contributed by atoms with E-state index in [-0.39, 0.29) is 11.4 Å². The van der Waals surface area contributed by atoms with Gasteiger partial charge in [0.15, 0.2) is 0 Å². The van der Waals surface area contributed by atoms with Crippen LogP contribution in [0.5, 0.6) is 11.5 Å². The molecule has 1 saturated carbocycles. The number of hydrogen-bond acceptors (Lipinski definition) is 3. The Bertz CT molecular complexity index is 1080. The standard InChI is InChI=1S/C22H21FN2O2/c1-13-9-16(23)5-7-20(13)27-21-8-6-17(24)11-18(21)15-10-19(14-3-4-14)22(26)25(2)12-15/h5-12,14H,3-4,24H2,1-2H3. The number of nitrogens with zero attached hydrogens (tertiary/aromatic N) is 1. The molecule has 1 fully saturated rings. The number of nitrogen functional groups attached to an aromatic ring is 1. The molecule has 3 aromatic rings. The zero-order valence-electron chi connectivity index (χ0n) is 15.3. The van der Waals surface area contributed by atoms with E-state index in [0.29, 0.717) is 28.7 Å². The normalized spacial score (nSPS) is 13.6. The van der Waals surface area contributed by atoms with Gasteiger partial charge in [0.05, 0.1) is 0 Å². The van der Waals surface area contributed by atoms with Gasteiger partial charge in [-0.25, -0.2) is 4.39 Å². The van der Waals surface area contributed by atoms with Crippen molar-refractivity contribution < 1.29 is 9.13 Å². The van der Waals surface area contributed by atoms with E-state index in [1.54, 1.807) is 42.9 Å². The lowest BCUT2D eigenvalue weighted by atomic mass is 10.0. The first-order valence-corrected chi connectivity index (χ1v) is 8.97. The highest BCUT2D eigenvalue weighted by molar-refractivity contribution is 5.74. The van der Waals surface area contributed by atoms with Gasteiger partial charge in [-0.3, -0.25) is 4.79 Å². The molecule has 4 nitrogen and oxygen atoms in total. The van der Waals surface area contributed by atoms with E-state index in [9.17, 15) is 9.18 Å². The van der Waals surface area contributed by atoms with Crippen molar-refractivity contribution in [2.75, 3.05) is 5.73 Å². The van der Waals surface area contributed by atoms with Gasteiger partial charge in [-0.1, -0.05) is 0 Å². The number of aromatic nitrogens is 1. The maximum Gasteiger partial charge on any atom is 0.253 e. The van der Waals surface area contributed by atoms with Gasteiger partial charge in [0.2, 0.25) is 0 Å². The lowest BCUT2D eigenvalue weighted by Gasteiger charge is -2.15. The van der Waals surface area contributed by atoms with Crippen molar-refractivity contribution in [3.63, 3.8) is 0 Å². The highest BCUT2D eigenvalue weighted by Crippen LogP contribution is 2.41. The Hall–Kier alpha value is -3.08. The number of benzene rings is 2. The van der Waals surface area contributed by atoms with Gasteiger partial charge < -0.3 is 15.0 Å². The topological polar surface area (TPSA) is 57.2 Å². The van der Waals surface area contributed by atoms with Crippen LogP contribution in [0.3, 0.4) is 0 Å². The van der Waals surface area contributed by atoms with Gasteiger partial charge in [-0.15, -0.1) is 0 Å². The number of nitrogens with two attached hydrogens (primary N) is 1. The van der Waals surface area contributed by atoms with Crippen molar-refractivity contribution in [2.45, 2.75) is 25.7 Å². The van der Waals surface area contributed by atoms with Crippen LogP contribution < -0.4 is 16.0 Å². The van der Waals surface area contributed by atoms with E-state index in [2.05, 4.69) is 0 Å². The number of aryl methyl sites for hydroxylation is 2. The van der Waals surface area contributed by atoms with Gasteiger partial charge in [-0.05, 0) is 73.7 Å². The van der Waals surface area contributed by atoms with Crippen LogP contribution in [0, 0.1) is 12.7 Å². The third-order valence-corrected chi connectivity index (χ3v) is 4.90. The molecule has 0 saturated heterocycles. The van der Waals surface area contributed by atoms with Crippen LogP contribution in [-0.4, -0.2) is 4.57 Å². The quantitative estimate of drug-likeness (QED) is 0.680. The van der Waals surface area contributed by atoms with Crippen LogP contribution in [-0.2, 0) is 7.05 Å². The summed E-state index contributed by atoms with van der Waals surface area (Å²) in [6.45, 7) is 1.80. The Balaban J connectivity index is 1.81. The number of rotatable bonds is 4. The molecule has 0 spiro atoms. The molecule has 0 aliphatic heterocycles. The van der Waals surface area contributed by atoms with E-state index in [1.165, 1.54) is 12.1 Å². The molecule has 1 aromatic heterocycles. The second-order valence-corrected chi connectivity index (χ2v) is 7.14. The predicted molar refractivity (Wildman–Crippen MR) is 105 cm³/mol. The molecule has 27 heavy (non-hydrogen) atoms. The number of halogens is 1.